The summed E-state index contributed by atoms with van der Waals surface area (Å²) in [4.78, 5) is 26.5. The van der Waals surface area contributed by atoms with Crippen molar-refractivity contribution in [1.29, 1.82) is 0 Å². The van der Waals surface area contributed by atoms with Gasteiger partial charge in [-0.2, -0.15) is 0 Å². The van der Waals surface area contributed by atoms with E-state index in [9.17, 15) is 9.59 Å². The van der Waals surface area contributed by atoms with Gasteiger partial charge in [0.05, 0.1) is 18.1 Å². The molecular weight excluding hydrogens is 470 g/mol. The molecule has 1 fully saturated rings. The molecule has 0 radical (unpaired) electrons. The number of hydrogen-bond acceptors (Lipinski definition) is 7. The Bertz CT molecular complexity index is 1080. The second-order valence-corrected chi connectivity index (χ2v) is 9.33. The van der Waals surface area contributed by atoms with Crippen molar-refractivity contribution in [3.05, 3.63) is 64.1 Å². The Hall–Kier alpha value is -2.84. The van der Waals surface area contributed by atoms with Crippen LogP contribution in [0, 0.1) is 6.92 Å². The summed E-state index contributed by atoms with van der Waals surface area (Å²) in [5.74, 6) is 0.842. The molecule has 3 rings (SSSR count). The van der Waals surface area contributed by atoms with Gasteiger partial charge in [-0.1, -0.05) is 59.9 Å². The molecule has 6 nitrogen and oxygen atoms in total. The number of nitrogens with zero attached hydrogens (tertiary/aromatic N) is 1. The minimum absolute atomic E-state index is 0.156. The van der Waals surface area contributed by atoms with Gasteiger partial charge < -0.3 is 14.2 Å². The van der Waals surface area contributed by atoms with Crippen LogP contribution in [0.5, 0.6) is 11.5 Å². The van der Waals surface area contributed by atoms with Crippen molar-refractivity contribution < 1.29 is 23.8 Å². The average Bonchev–Trinajstić information content (AvgIpc) is 3.06. The monoisotopic (exact) mass is 499 g/mol. The highest BCUT2D eigenvalue weighted by Gasteiger charge is 2.31. The predicted octanol–water partition coefficient (Wildman–Crippen LogP) is 5.52. The summed E-state index contributed by atoms with van der Waals surface area (Å²) in [6.07, 6.45) is 2.56. The lowest BCUT2D eigenvalue weighted by Crippen LogP contribution is -2.29. The molecule has 1 aliphatic rings. The van der Waals surface area contributed by atoms with Crippen LogP contribution in [-0.4, -0.2) is 40.9 Å². The lowest BCUT2D eigenvalue weighted by molar-refractivity contribution is -0.143. The zero-order chi connectivity index (χ0) is 24.5. The van der Waals surface area contributed by atoms with Crippen LogP contribution in [0.3, 0.4) is 0 Å². The normalized spacial score (nSPS) is 14.6. The molecule has 1 aliphatic heterocycles. The zero-order valence-corrected chi connectivity index (χ0v) is 21.3. The lowest BCUT2D eigenvalue weighted by atomic mass is 10.1. The maximum absolute atomic E-state index is 12.9. The van der Waals surface area contributed by atoms with Gasteiger partial charge in [-0.05, 0) is 56.5 Å². The molecule has 0 unspecified atom stereocenters. The number of thiocarbonyl (C=S) groups is 1. The van der Waals surface area contributed by atoms with E-state index in [4.69, 9.17) is 26.4 Å². The first-order chi connectivity index (χ1) is 16.4. The van der Waals surface area contributed by atoms with Crippen molar-refractivity contribution in [2.24, 2.45) is 0 Å². The number of rotatable bonds is 11. The third-order valence-electron chi connectivity index (χ3n) is 4.98. The third-order valence-corrected chi connectivity index (χ3v) is 6.36. The minimum atomic E-state index is -0.267. The summed E-state index contributed by atoms with van der Waals surface area (Å²) >= 11 is 6.64. The summed E-state index contributed by atoms with van der Waals surface area (Å²) < 4.78 is 17.2. The highest BCUT2D eigenvalue weighted by Crippen LogP contribution is 2.35. The summed E-state index contributed by atoms with van der Waals surface area (Å²) in [5.41, 5.74) is 3.08. The first-order valence-corrected chi connectivity index (χ1v) is 12.5. The second kappa shape index (κ2) is 12.6. The molecule has 1 amide bonds. The van der Waals surface area contributed by atoms with Crippen molar-refractivity contribution in [2.75, 3.05) is 19.8 Å². The Kier molecular flexibility index (Phi) is 9.53. The predicted molar refractivity (Wildman–Crippen MR) is 139 cm³/mol. The highest BCUT2D eigenvalue weighted by atomic mass is 32.2. The number of aryl methyl sites for hydroxylation is 1. The van der Waals surface area contributed by atoms with E-state index in [1.54, 1.807) is 13.0 Å². The van der Waals surface area contributed by atoms with Crippen molar-refractivity contribution in [3.8, 4) is 11.5 Å². The molecule has 180 valence electrons. The number of ether oxygens (including phenoxy) is 3. The van der Waals surface area contributed by atoms with Gasteiger partial charge in [0.25, 0.3) is 5.91 Å². The summed E-state index contributed by atoms with van der Waals surface area (Å²) in [5, 5.41) is 0. The van der Waals surface area contributed by atoms with E-state index in [0.717, 1.165) is 11.1 Å². The van der Waals surface area contributed by atoms with E-state index in [-0.39, 0.29) is 18.3 Å². The molecule has 0 saturated carbocycles. The Labute approximate surface area is 210 Å². The fraction of sp³-hybridized carbons (Fsp3) is 0.346. The highest BCUT2D eigenvalue weighted by molar-refractivity contribution is 8.26. The van der Waals surface area contributed by atoms with Crippen molar-refractivity contribution >= 4 is 46.3 Å². The first-order valence-electron chi connectivity index (χ1n) is 11.3. The fourth-order valence-electron chi connectivity index (χ4n) is 3.42. The van der Waals surface area contributed by atoms with Crippen molar-refractivity contribution in [1.82, 2.24) is 4.90 Å². The maximum Gasteiger partial charge on any atom is 0.305 e. The van der Waals surface area contributed by atoms with Crippen LogP contribution in [0.15, 0.2) is 47.4 Å². The first kappa shape index (κ1) is 25.8. The smallest absolute Gasteiger partial charge is 0.305 e. The molecule has 34 heavy (non-hydrogen) atoms. The van der Waals surface area contributed by atoms with E-state index in [1.807, 2.05) is 50.2 Å². The van der Waals surface area contributed by atoms with Gasteiger partial charge in [-0.25, -0.2) is 0 Å². The number of amides is 1. The van der Waals surface area contributed by atoms with Crippen LogP contribution in [-0.2, 0) is 20.9 Å². The SMILES string of the molecule is CCOC(=O)CCCN1C(=O)/C(=C\c2ccc(OCc3cccc(C)c3)c(OCC)c2)SC1=S. The molecule has 2 aromatic carbocycles. The topological polar surface area (TPSA) is 65.1 Å². The van der Waals surface area contributed by atoms with E-state index in [0.29, 0.717) is 53.5 Å². The van der Waals surface area contributed by atoms with Gasteiger partial charge in [0, 0.05) is 13.0 Å². The molecule has 1 saturated heterocycles. The van der Waals surface area contributed by atoms with Crippen LogP contribution in [0.4, 0.5) is 0 Å². The van der Waals surface area contributed by atoms with E-state index in [2.05, 4.69) is 6.07 Å². The van der Waals surface area contributed by atoms with E-state index < -0.39 is 0 Å². The number of hydrogen-bond donors (Lipinski definition) is 0. The van der Waals surface area contributed by atoms with Gasteiger partial charge in [0.1, 0.15) is 10.9 Å². The number of esters is 1. The van der Waals surface area contributed by atoms with Crippen LogP contribution < -0.4 is 9.47 Å². The standard InChI is InChI=1S/C26H29NO5S2/c1-4-30-22-15-19(11-12-21(22)32-17-20-9-6-8-18(3)14-20)16-23-25(29)27(26(33)34-23)13-7-10-24(28)31-5-2/h6,8-9,11-12,14-16H,4-5,7,10,13,17H2,1-3H3/b23-16+. The zero-order valence-electron chi connectivity index (χ0n) is 19.7. The third kappa shape index (κ3) is 7.08. The number of thioether (sulfide) groups is 1. The molecule has 0 atom stereocenters. The molecule has 8 heteroatoms. The lowest BCUT2D eigenvalue weighted by Gasteiger charge is -2.14. The van der Waals surface area contributed by atoms with Crippen molar-refractivity contribution in [3.63, 3.8) is 0 Å². The van der Waals surface area contributed by atoms with E-state index >= 15 is 0 Å². The number of carbonyl (C=O) groups excluding carboxylic acids is 2. The molecule has 0 bridgehead atoms. The Balaban J connectivity index is 1.68. The fourth-order valence-corrected chi connectivity index (χ4v) is 4.73. The molecule has 1 heterocycles. The molecule has 0 N–H and O–H groups in total. The Morgan fingerprint density at radius 1 is 1.09 bits per heavy atom. The van der Waals surface area contributed by atoms with Crippen LogP contribution >= 0.6 is 24.0 Å². The second-order valence-electron chi connectivity index (χ2n) is 7.66. The molecule has 2 aromatic rings. The van der Waals surface area contributed by atoms with Gasteiger partial charge in [-0.3, -0.25) is 14.5 Å². The summed E-state index contributed by atoms with van der Waals surface area (Å²) in [7, 11) is 0. The molecule has 0 spiro atoms. The van der Waals surface area contributed by atoms with Crippen LogP contribution in [0.1, 0.15) is 43.4 Å². The Morgan fingerprint density at radius 3 is 2.65 bits per heavy atom. The van der Waals surface area contributed by atoms with Crippen molar-refractivity contribution in [2.45, 2.75) is 40.2 Å². The Morgan fingerprint density at radius 2 is 1.91 bits per heavy atom. The van der Waals surface area contributed by atoms with Crippen LogP contribution in [0.2, 0.25) is 0 Å². The maximum atomic E-state index is 12.9. The van der Waals surface area contributed by atoms with Crippen LogP contribution in [0.25, 0.3) is 6.08 Å². The summed E-state index contributed by atoms with van der Waals surface area (Å²) in [6.45, 7) is 7.40. The molecule has 0 aliphatic carbocycles. The quantitative estimate of drug-likeness (QED) is 0.229. The number of carbonyl (C=O) groups is 2. The largest absolute Gasteiger partial charge is 0.490 e. The average molecular weight is 500 g/mol. The summed E-state index contributed by atoms with van der Waals surface area (Å²) in [6, 6.07) is 13.8. The van der Waals surface area contributed by atoms with Gasteiger partial charge in [0.2, 0.25) is 0 Å². The van der Waals surface area contributed by atoms with E-state index in [1.165, 1.54) is 22.2 Å². The molecular formula is C26H29NO5S2. The minimum Gasteiger partial charge on any atom is -0.490 e. The number of benzene rings is 2. The van der Waals surface area contributed by atoms with Gasteiger partial charge >= 0.3 is 5.97 Å². The van der Waals surface area contributed by atoms with Gasteiger partial charge in [-0.15, -0.1) is 0 Å². The molecule has 0 aromatic heterocycles. The van der Waals surface area contributed by atoms with Gasteiger partial charge in [0.15, 0.2) is 11.5 Å².